The van der Waals surface area contributed by atoms with Crippen LogP contribution in [0.1, 0.15) is 43.7 Å². The molecule has 0 fully saturated rings. The van der Waals surface area contributed by atoms with Crippen LogP contribution in [-0.4, -0.2) is 0 Å². The van der Waals surface area contributed by atoms with E-state index in [9.17, 15) is 0 Å². The van der Waals surface area contributed by atoms with Gasteiger partial charge in [-0.25, -0.2) is 0 Å². The Morgan fingerprint density at radius 3 is 2.67 bits per heavy atom. The van der Waals surface area contributed by atoms with Crippen molar-refractivity contribution in [1.29, 1.82) is 0 Å². The predicted molar refractivity (Wildman–Crippen MR) is 71.3 cm³/mol. The molecule has 0 aliphatic heterocycles. The summed E-state index contributed by atoms with van der Waals surface area (Å²) in [6.07, 6.45) is 6.77. The lowest BCUT2D eigenvalue weighted by molar-refractivity contribution is 0.777. The Morgan fingerprint density at radius 2 is 2.07 bits per heavy atom. The Kier molecular flexibility index (Phi) is 5.10. The van der Waals surface area contributed by atoms with E-state index in [1.165, 1.54) is 15.6 Å². The second-order valence-electron chi connectivity index (χ2n) is 4.03. The summed E-state index contributed by atoms with van der Waals surface area (Å²) in [5.74, 6) is 0.602. The number of allylic oxidation sites excluding steroid dienone is 2. The second-order valence-corrected chi connectivity index (χ2v) is 4.88. The number of halogens is 1. The van der Waals surface area contributed by atoms with Crippen LogP contribution < -0.4 is 0 Å². The van der Waals surface area contributed by atoms with E-state index in [1.807, 2.05) is 0 Å². The molecule has 1 aromatic rings. The molecule has 0 saturated heterocycles. The molecule has 1 aromatic carbocycles. The van der Waals surface area contributed by atoms with Crippen LogP contribution in [0.5, 0.6) is 0 Å². The Balaban J connectivity index is 2.69. The summed E-state index contributed by atoms with van der Waals surface area (Å²) >= 11 is 3.58. The van der Waals surface area contributed by atoms with E-state index in [0.717, 1.165) is 12.8 Å². The summed E-state index contributed by atoms with van der Waals surface area (Å²) in [5, 5.41) is 0. The summed E-state index contributed by atoms with van der Waals surface area (Å²) in [7, 11) is 0. The monoisotopic (exact) mass is 266 g/mol. The zero-order chi connectivity index (χ0) is 11.3. The van der Waals surface area contributed by atoms with Crippen LogP contribution in [0.15, 0.2) is 34.8 Å². The molecule has 1 atom stereocenters. The number of benzene rings is 1. The average molecular weight is 267 g/mol. The van der Waals surface area contributed by atoms with E-state index < -0.39 is 0 Å². The van der Waals surface area contributed by atoms with Crippen molar-refractivity contribution in [3.05, 3.63) is 46.0 Å². The van der Waals surface area contributed by atoms with Crippen molar-refractivity contribution >= 4 is 15.9 Å². The predicted octanol–water partition coefficient (Wildman–Crippen LogP) is 5.22. The molecule has 82 valence electrons. The molecule has 0 heterocycles. The summed E-state index contributed by atoms with van der Waals surface area (Å²) < 4.78 is 1.21. The summed E-state index contributed by atoms with van der Waals surface area (Å²) in [4.78, 5) is 0. The highest BCUT2D eigenvalue weighted by Gasteiger charge is 2.04. The van der Waals surface area contributed by atoms with E-state index >= 15 is 0 Å². The molecular weight excluding hydrogens is 248 g/mol. The van der Waals surface area contributed by atoms with Crippen LogP contribution in [0, 0.1) is 6.92 Å². The summed E-state index contributed by atoms with van der Waals surface area (Å²) in [6, 6.07) is 6.64. The molecule has 1 unspecified atom stereocenters. The Morgan fingerprint density at radius 1 is 1.33 bits per heavy atom. The minimum Gasteiger partial charge on any atom is -0.0888 e. The normalized spacial score (nSPS) is 13.3. The molecule has 0 aliphatic rings. The van der Waals surface area contributed by atoms with Crippen molar-refractivity contribution < 1.29 is 0 Å². The first kappa shape index (κ1) is 12.5. The van der Waals surface area contributed by atoms with Crippen LogP contribution >= 0.6 is 15.9 Å². The number of hydrogen-bond acceptors (Lipinski definition) is 0. The fraction of sp³-hybridized carbons (Fsp3) is 0.429. The molecular formula is C14H19Br. The topological polar surface area (TPSA) is 0 Å². The fourth-order valence-electron chi connectivity index (χ4n) is 1.52. The molecule has 0 aromatic heterocycles. The van der Waals surface area contributed by atoms with Crippen molar-refractivity contribution in [2.24, 2.45) is 0 Å². The standard InChI is InChI=1S/C14H19Br/c1-4-5-6-7-11(2)13-9-8-12(3)14(15)10-13/h5-6,8-11H,4,7H2,1-3H3/b6-5-. The number of rotatable bonds is 4. The molecule has 0 aliphatic carbocycles. The van der Waals surface area contributed by atoms with Gasteiger partial charge in [0.2, 0.25) is 0 Å². The van der Waals surface area contributed by atoms with E-state index in [1.54, 1.807) is 0 Å². The minimum atomic E-state index is 0.602. The van der Waals surface area contributed by atoms with Gasteiger partial charge in [0.05, 0.1) is 0 Å². The highest BCUT2D eigenvalue weighted by Crippen LogP contribution is 2.25. The molecule has 0 saturated carbocycles. The molecule has 0 spiro atoms. The highest BCUT2D eigenvalue weighted by atomic mass is 79.9. The van der Waals surface area contributed by atoms with Gasteiger partial charge in [-0.05, 0) is 42.9 Å². The molecule has 0 bridgehead atoms. The lowest BCUT2D eigenvalue weighted by Crippen LogP contribution is -1.92. The first-order valence-electron chi connectivity index (χ1n) is 5.56. The average Bonchev–Trinajstić information content (AvgIpc) is 2.22. The van der Waals surface area contributed by atoms with E-state index in [0.29, 0.717) is 5.92 Å². The van der Waals surface area contributed by atoms with Gasteiger partial charge in [-0.2, -0.15) is 0 Å². The molecule has 1 heteroatoms. The number of aryl methyl sites for hydroxylation is 1. The molecule has 1 rings (SSSR count). The van der Waals surface area contributed by atoms with Gasteiger partial charge in [-0.3, -0.25) is 0 Å². The lowest BCUT2D eigenvalue weighted by Gasteiger charge is -2.10. The van der Waals surface area contributed by atoms with Crippen molar-refractivity contribution in [1.82, 2.24) is 0 Å². The van der Waals surface area contributed by atoms with Crippen LogP contribution in [0.3, 0.4) is 0 Å². The van der Waals surface area contributed by atoms with Crippen molar-refractivity contribution in [3.8, 4) is 0 Å². The maximum atomic E-state index is 3.58. The molecule has 0 amide bonds. The van der Waals surface area contributed by atoms with Gasteiger partial charge in [0.15, 0.2) is 0 Å². The van der Waals surface area contributed by atoms with Gasteiger partial charge >= 0.3 is 0 Å². The quantitative estimate of drug-likeness (QED) is 0.656. The van der Waals surface area contributed by atoms with Gasteiger partial charge in [-0.15, -0.1) is 0 Å². The minimum absolute atomic E-state index is 0.602. The van der Waals surface area contributed by atoms with Gasteiger partial charge in [0.1, 0.15) is 0 Å². The molecule has 15 heavy (non-hydrogen) atoms. The van der Waals surface area contributed by atoms with Gasteiger partial charge in [0, 0.05) is 4.47 Å². The first-order valence-corrected chi connectivity index (χ1v) is 6.35. The van der Waals surface area contributed by atoms with Crippen LogP contribution in [0.4, 0.5) is 0 Å². The second kappa shape index (κ2) is 6.12. The Bertz CT molecular complexity index is 339. The van der Waals surface area contributed by atoms with Gasteiger partial charge < -0.3 is 0 Å². The summed E-state index contributed by atoms with van der Waals surface area (Å²) in [6.45, 7) is 6.57. The lowest BCUT2D eigenvalue weighted by atomic mass is 9.97. The van der Waals surface area contributed by atoms with Gasteiger partial charge in [-0.1, -0.05) is 54.1 Å². The van der Waals surface area contributed by atoms with E-state index in [-0.39, 0.29) is 0 Å². The van der Waals surface area contributed by atoms with Crippen molar-refractivity contribution in [2.75, 3.05) is 0 Å². The fourth-order valence-corrected chi connectivity index (χ4v) is 1.92. The zero-order valence-corrected chi connectivity index (χ0v) is 11.3. The molecule has 0 nitrogen and oxygen atoms in total. The third kappa shape index (κ3) is 3.83. The number of hydrogen-bond donors (Lipinski definition) is 0. The molecule has 0 N–H and O–H groups in total. The van der Waals surface area contributed by atoms with Crippen LogP contribution in [-0.2, 0) is 0 Å². The smallest absolute Gasteiger partial charge is 0.0207 e. The Hall–Kier alpha value is -0.560. The van der Waals surface area contributed by atoms with Crippen molar-refractivity contribution in [3.63, 3.8) is 0 Å². The van der Waals surface area contributed by atoms with E-state index in [4.69, 9.17) is 0 Å². The van der Waals surface area contributed by atoms with Gasteiger partial charge in [0.25, 0.3) is 0 Å². The maximum Gasteiger partial charge on any atom is 0.0207 e. The zero-order valence-electron chi connectivity index (χ0n) is 9.76. The highest BCUT2D eigenvalue weighted by molar-refractivity contribution is 9.10. The first-order chi connectivity index (χ1) is 7.15. The summed E-state index contributed by atoms with van der Waals surface area (Å²) in [5.41, 5.74) is 2.71. The maximum absolute atomic E-state index is 3.58. The largest absolute Gasteiger partial charge is 0.0888 e. The van der Waals surface area contributed by atoms with Crippen LogP contribution in [0.2, 0.25) is 0 Å². The molecule has 0 radical (unpaired) electrons. The van der Waals surface area contributed by atoms with Crippen LogP contribution in [0.25, 0.3) is 0 Å². The Labute approximate surface area is 102 Å². The van der Waals surface area contributed by atoms with E-state index in [2.05, 4.69) is 67.1 Å². The third-order valence-corrected chi connectivity index (χ3v) is 3.51. The van der Waals surface area contributed by atoms with Crippen molar-refractivity contribution in [2.45, 2.75) is 39.5 Å². The third-order valence-electron chi connectivity index (χ3n) is 2.66. The SMILES string of the molecule is CC/C=C\CC(C)c1ccc(C)c(Br)c1.